The molecule has 3 aliphatic carbocycles. The Morgan fingerprint density at radius 3 is 2.48 bits per heavy atom. The number of cyclic esters (lactones) is 1. The summed E-state index contributed by atoms with van der Waals surface area (Å²) in [6.45, 7) is 8.71. The number of ether oxygens (including phenoxy) is 2. The van der Waals surface area contributed by atoms with Crippen LogP contribution >= 0.6 is 0 Å². The number of carbonyl (C=O) groups is 3. The summed E-state index contributed by atoms with van der Waals surface area (Å²) in [7, 11) is 1.48. The van der Waals surface area contributed by atoms with E-state index in [1.54, 1.807) is 20.0 Å². The van der Waals surface area contributed by atoms with Crippen molar-refractivity contribution in [3.05, 3.63) is 34.3 Å². The number of methoxy groups -OCH3 is 1. The van der Waals surface area contributed by atoms with Gasteiger partial charge in [-0.05, 0) is 39.2 Å². The van der Waals surface area contributed by atoms with Crippen molar-refractivity contribution in [1.82, 2.24) is 4.90 Å². The van der Waals surface area contributed by atoms with E-state index in [0.717, 1.165) is 0 Å². The van der Waals surface area contributed by atoms with Crippen LogP contribution in [0.5, 0.6) is 0 Å². The Labute approximate surface area is 193 Å². The molecule has 4 rings (SSSR count). The number of esters is 1. The largest absolute Gasteiger partial charge is 0.504 e. The van der Waals surface area contributed by atoms with Gasteiger partial charge < -0.3 is 24.6 Å². The summed E-state index contributed by atoms with van der Waals surface area (Å²) in [5.74, 6) is -2.14. The molecule has 0 aromatic heterocycles. The van der Waals surface area contributed by atoms with Gasteiger partial charge in [-0.2, -0.15) is 0 Å². The van der Waals surface area contributed by atoms with E-state index in [1.807, 2.05) is 18.7 Å². The zero-order chi connectivity index (χ0) is 24.3. The number of aliphatic hydroxyl groups excluding tert-OH is 2. The van der Waals surface area contributed by atoms with Crippen molar-refractivity contribution in [2.45, 2.75) is 59.2 Å². The summed E-state index contributed by atoms with van der Waals surface area (Å²) in [6, 6.07) is 0. The van der Waals surface area contributed by atoms with Gasteiger partial charge in [-0.3, -0.25) is 9.59 Å². The third-order valence-corrected chi connectivity index (χ3v) is 8.26. The molecule has 1 saturated heterocycles. The maximum atomic E-state index is 13.6. The van der Waals surface area contributed by atoms with Gasteiger partial charge in [0.05, 0.1) is 23.7 Å². The molecule has 0 unspecified atom stereocenters. The van der Waals surface area contributed by atoms with Gasteiger partial charge in [0.1, 0.15) is 11.9 Å². The molecule has 2 fully saturated rings. The lowest BCUT2D eigenvalue weighted by Gasteiger charge is -2.52. The minimum absolute atomic E-state index is 0.0239. The molecular formula is C25H33NO7. The lowest BCUT2D eigenvalue weighted by molar-refractivity contribution is -0.157. The van der Waals surface area contributed by atoms with E-state index in [9.17, 15) is 24.6 Å². The van der Waals surface area contributed by atoms with Crippen LogP contribution in [-0.4, -0.2) is 71.7 Å². The zero-order valence-corrected chi connectivity index (χ0v) is 19.9. The fourth-order valence-electron chi connectivity index (χ4n) is 6.40. The topological polar surface area (TPSA) is 113 Å². The first-order chi connectivity index (χ1) is 15.6. The van der Waals surface area contributed by atoms with E-state index >= 15 is 0 Å². The standard InChI is InChI=1S/C25H33NO7/c1-6-26(7-2)11-13-19-22(30)21(29)18-14-8-9-16(28)24(14,3)10-15(27)20(18)25(19,4)17(12-32-5)33-23(13)31/h11,14-15,17,27,30H,6-10,12H2,1-5H3/t14-,15+,17+,24-,25-/m0/s1. The molecule has 0 radical (unpaired) electrons. The zero-order valence-electron chi connectivity index (χ0n) is 19.9. The Morgan fingerprint density at radius 2 is 1.88 bits per heavy atom. The van der Waals surface area contributed by atoms with Gasteiger partial charge in [0, 0.05) is 55.3 Å². The number of fused-ring (bicyclic) bond motifs is 4. The van der Waals surface area contributed by atoms with Crippen LogP contribution in [0.4, 0.5) is 0 Å². The quantitative estimate of drug-likeness (QED) is 0.475. The molecule has 0 bridgehead atoms. The Bertz CT molecular complexity index is 1000. The highest BCUT2D eigenvalue weighted by molar-refractivity contribution is 6.13. The first-order valence-corrected chi connectivity index (χ1v) is 11.7. The van der Waals surface area contributed by atoms with Crippen molar-refractivity contribution in [1.29, 1.82) is 0 Å². The normalized spacial score (nSPS) is 37.2. The van der Waals surface area contributed by atoms with Gasteiger partial charge in [-0.25, -0.2) is 4.79 Å². The van der Waals surface area contributed by atoms with Crippen molar-refractivity contribution < 1.29 is 34.1 Å². The molecule has 1 aliphatic heterocycles. The van der Waals surface area contributed by atoms with Crippen LogP contribution in [0.3, 0.4) is 0 Å². The van der Waals surface area contributed by atoms with Crippen LogP contribution in [0.1, 0.15) is 47.0 Å². The Morgan fingerprint density at radius 1 is 1.21 bits per heavy atom. The minimum atomic E-state index is -1.18. The molecular weight excluding hydrogens is 426 g/mol. The monoisotopic (exact) mass is 459 g/mol. The third-order valence-electron chi connectivity index (χ3n) is 8.26. The first kappa shape index (κ1) is 23.7. The number of Topliss-reactive ketones (excluding diaryl/α,β-unsaturated/α-hetero) is 2. The molecule has 4 aliphatic rings. The van der Waals surface area contributed by atoms with Crippen LogP contribution in [0.2, 0.25) is 0 Å². The number of aliphatic hydroxyl groups is 2. The molecule has 2 N–H and O–H groups in total. The number of allylic oxidation sites excluding steroid dienone is 1. The predicted molar refractivity (Wildman–Crippen MR) is 119 cm³/mol. The maximum Gasteiger partial charge on any atom is 0.340 e. The Hall–Kier alpha value is -2.45. The van der Waals surface area contributed by atoms with E-state index in [1.165, 1.54) is 7.11 Å². The van der Waals surface area contributed by atoms with Gasteiger partial charge in [0.25, 0.3) is 0 Å². The van der Waals surface area contributed by atoms with Gasteiger partial charge in [-0.15, -0.1) is 0 Å². The molecule has 1 heterocycles. The minimum Gasteiger partial charge on any atom is -0.504 e. The van der Waals surface area contributed by atoms with Crippen molar-refractivity contribution >= 4 is 17.5 Å². The van der Waals surface area contributed by atoms with E-state index in [2.05, 4.69) is 0 Å². The highest BCUT2D eigenvalue weighted by Gasteiger charge is 2.63. The molecule has 1 saturated carbocycles. The predicted octanol–water partition coefficient (Wildman–Crippen LogP) is 2.23. The number of hydrogen-bond donors (Lipinski definition) is 2. The highest BCUT2D eigenvalue weighted by Crippen LogP contribution is 2.61. The summed E-state index contributed by atoms with van der Waals surface area (Å²) >= 11 is 0. The van der Waals surface area contributed by atoms with Crippen LogP contribution in [0, 0.1) is 16.7 Å². The molecule has 0 aromatic rings. The van der Waals surface area contributed by atoms with Crippen LogP contribution in [0.15, 0.2) is 34.3 Å². The van der Waals surface area contributed by atoms with Crippen molar-refractivity contribution in [2.24, 2.45) is 16.7 Å². The highest BCUT2D eigenvalue weighted by atomic mass is 16.6. The van der Waals surface area contributed by atoms with Crippen LogP contribution in [-0.2, 0) is 23.9 Å². The Kier molecular flexibility index (Phi) is 5.81. The lowest BCUT2D eigenvalue weighted by atomic mass is 9.53. The van der Waals surface area contributed by atoms with Gasteiger partial charge in [0.15, 0.2) is 5.76 Å². The number of hydrogen-bond acceptors (Lipinski definition) is 8. The molecule has 33 heavy (non-hydrogen) atoms. The van der Waals surface area contributed by atoms with E-state index in [-0.39, 0.29) is 30.0 Å². The fourth-order valence-corrected chi connectivity index (χ4v) is 6.40. The second kappa shape index (κ2) is 8.09. The molecule has 5 atom stereocenters. The lowest BCUT2D eigenvalue weighted by Crippen LogP contribution is -2.56. The SMILES string of the molecule is CCN(C=C1C(=O)O[C@H](COC)[C@@]2(C)C1=C(O)C(=O)C1=C2[C@H](O)C[C@]2(C)C(=O)CC[C@@H]12)CC. The second-order valence-corrected chi connectivity index (χ2v) is 9.85. The smallest absolute Gasteiger partial charge is 0.340 e. The van der Waals surface area contributed by atoms with Gasteiger partial charge in [0.2, 0.25) is 5.78 Å². The molecule has 8 nitrogen and oxygen atoms in total. The second-order valence-electron chi connectivity index (χ2n) is 9.85. The molecule has 0 amide bonds. The molecule has 180 valence electrons. The van der Waals surface area contributed by atoms with Crippen molar-refractivity contribution in [2.75, 3.05) is 26.8 Å². The number of carbonyl (C=O) groups excluding carboxylic acids is 3. The summed E-state index contributed by atoms with van der Waals surface area (Å²) in [6.07, 6.45) is 0.681. The van der Waals surface area contributed by atoms with Crippen molar-refractivity contribution in [3.63, 3.8) is 0 Å². The third kappa shape index (κ3) is 3.14. The molecule has 0 spiro atoms. The van der Waals surface area contributed by atoms with Gasteiger partial charge >= 0.3 is 5.97 Å². The summed E-state index contributed by atoms with van der Waals surface area (Å²) in [5.41, 5.74) is -1.02. The summed E-state index contributed by atoms with van der Waals surface area (Å²) < 4.78 is 11.2. The molecule has 8 heteroatoms. The van der Waals surface area contributed by atoms with Crippen LogP contribution in [0.25, 0.3) is 0 Å². The summed E-state index contributed by atoms with van der Waals surface area (Å²) in [4.78, 5) is 41.3. The van der Waals surface area contributed by atoms with Crippen LogP contribution < -0.4 is 0 Å². The van der Waals surface area contributed by atoms with Crippen molar-refractivity contribution in [3.8, 4) is 0 Å². The Balaban J connectivity index is 1.99. The summed E-state index contributed by atoms with van der Waals surface area (Å²) in [5, 5.41) is 22.7. The average molecular weight is 460 g/mol. The van der Waals surface area contributed by atoms with E-state index in [0.29, 0.717) is 37.1 Å². The average Bonchev–Trinajstić information content (AvgIpc) is 3.06. The van der Waals surface area contributed by atoms with E-state index < -0.39 is 46.5 Å². The van der Waals surface area contributed by atoms with E-state index in [4.69, 9.17) is 9.47 Å². The number of rotatable bonds is 5. The first-order valence-electron chi connectivity index (χ1n) is 11.7. The molecule has 0 aromatic carbocycles. The maximum absolute atomic E-state index is 13.6. The fraction of sp³-hybridized carbons (Fsp3) is 0.640. The number of nitrogens with zero attached hydrogens (tertiary/aromatic N) is 1. The number of ketones is 2. The van der Waals surface area contributed by atoms with Gasteiger partial charge in [-0.1, -0.05) is 6.92 Å².